The van der Waals surface area contributed by atoms with Crippen molar-refractivity contribution < 1.29 is 24.2 Å². The van der Waals surface area contributed by atoms with Crippen LogP contribution in [0.3, 0.4) is 0 Å². The Hall–Kier alpha value is -1.83. The van der Waals surface area contributed by atoms with Crippen molar-refractivity contribution in [3.05, 3.63) is 33.8 Å². The van der Waals surface area contributed by atoms with Gasteiger partial charge in [-0.1, -0.05) is 26.3 Å². The van der Waals surface area contributed by atoms with E-state index in [0.717, 1.165) is 35.5 Å². The maximum atomic E-state index is 13.1. The second-order valence-electron chi connectivity index (χ2n) is 10.6. The molecule has 1 aromatic heterocycles. The van der Waals surface area contributed by atoms with Crippen LogP contribution < -0.4 is 0 Å². The van der Waals surface area contributed by atoms with E-state index >= 15 is 0 Å². The number of hydrogen-bond acceptors (Lipinski definition) is 7. The Labute approximate surface area is 207 Å². The number of aliphatic hydroxyl groups excluding tert-OH is 1. The van der Waals surface area contributed by atoms with Crippen LogP contribution in [0.4, 0.5) is 0 Å². The number of esters is 1. The minimum atomic E-state index is -0.892. The van der Waals surface area contributed by atoms with Gasteiger partial charge in [-0.15, -0.1) is 11.3 Å². The first-order valence-corrected chi connectivity index (χ1v) is 13.2. The average molecular weight is 490 g/mol. The van der Waals surface area contributed by atoms with Gasteiger partial charge in [0.05, 0.1) is 29.5 Å². The number of hydrogen-bond donors (Lipinski definition) is 1. The highest BCUT2D eigenvalue weighted by atomic mass is 32.1. The Morgan fingerprint density at radius 2 is 2.00 bits per heavy atom. The van der Waals surface area contributed by atoms with Crippen molar-refractivity contribution in [1.29, 1.82) is 0 Å². The molecule has 3 rings (SSSR count). The van der Waals surface area contributed by atoms with Crippen molar-refractivity contribution in [3.8, 4) is 0 Å². The zero-order chi connectivity index (χ0) is 25.0. The zero-order valence-corrected chi connectivity index (χ0v) is 22.1. The third-order valence-corrected chi connectivity index (χ3v) is 8.08. The Balaban J connectivity index is 1.85. The summed E-state index contributed by atoms with van der Waals surface area (Å²) in [4.78, 5) is 30.4. The van der Waals surface area contributed by atoms with Crippen molar-refractivity contribution in [2.24, 2.45) is 23.2 Å². The molecule has 0 saturated carbocycles. The zero-order valence-electron chi connectivity index (χ0n) is 21.2. The summed E-state index contributed by atoms with van der Waals surface area (Å²) in [6.45, 7) is 12.0. The van der Waals surface area contributed by atoms with E-state index in [0.29, 0.717) is 18.9 Å². The van der Waals surface area contributed by atoms with Gasteiger partial charge in [-0.05, 0) is 58.1 Å². The second-order valence-corrected chi connectivity index (χ2v) is 11.6. The summed E-state index contributed by atoms with van der Waals surface area (Å²) in [6.07, 6.45) is 7.21. The van der Waals surface area contributed by atoms with Gasteiger partial charge in [-0.2, -0.15) is 0 Å². The van der Waals surface area contributed by atoms with Gasteiger partial charge in [0.1, 0.15) is 11.9 Å². The summed E-state index contributed by atoms with van der Waals surface area (Å²) < 4.78 is 11.8. The maximum Gasteiger partial charge on any atom is 0.331 e. The normalized spacial score (nSPS) is 34.6. The molecule has 1 saturated heterocycles. The number of aryl methyl sites for hydroxylation is 1. The molecule has 1 fully saturated rings. The highest BCUT2D eigenvalue weighted by Gasteiger charge is 2.37. The summed E-state index contributed by atoms with van der Waals surface area (Å²) >= 11 is 1.58. The van der Waals surface area contributed by atoms with E-state index < -0.39 is 29.5 Å². The fourth-order valence-electron chi connectivity index (χ4n) is 4.85. The van der Waals surface area contributed by atoms with Crippen molar-refractivity contribution in [2.75, 3.05) is 6.61 Å². The van der Waals surface area contributed by atoms with Crippen LogP contribution in [0.1, 0.15) is 71.0 Å². The average Bonchev–Trinajstić information content (AvgIpc) is 3.19. The van der Waals surface area contributed by atoms with Crippen LogP contribution in [0.25, 0.3) is 6.08 Å². The second kappa shape index (κ2) is 11.3. The fourth-order valence-corrected chi connectivity index (χ4v) is 5.42. The van der Waals surface area contributed by atoms with Gasteiger partial charge in [-0.25, -0.2) is 9.78 Å². The molecule has 6 nitrogen and oxygen atoms in total. The van der Waals surface area contributed by atoms with Crippen LogP contribution in [-0.2, 0) is 19.1 Å². The SMILES string of the molecule is C/C(=C\c1csc(C)n1)[C@@H]1C[C@@H]2OC[C@H]2CCC[C@H](C)[C@H](O)[C@@H](C)C(=O)C(C)(C)/C=C/C(=O)O1. The van der Waals surface area contributed by atoms with E-state index in [2.05, 4.69) is 4.98 Å². The summed E-state index contributed by atoms with van der Waals surface area (Å²) in [5, 5.41) is 13.8. The number of fused-ring (bicyclic) bond motifs is 1. The first-order chi connectivity index (χ1) is 16.0. The number of Topliss-reactive ketones (excluding diaryl/α,β-unsaturated/α-hetero) is 1. The molecule has 1 aromatic rings. The molecule has 6 atom stereocenters. The Morgan fingerprint density at radius 1 is 1.26 bits per heavy atom. The van der Waals surface area contributed by atoms with Gasteiger partial charge in [0, 0.05) is 35.1 Å². The van der Waals surface area contributed by atoms with Crippen LogP contribution in [0.2, 0.25) is 0 Å². The third kappa shape index (κ3) is 6.64. The Morgan fingerprint density at radius 3 is 2.62 bits per heavy atom. The third-order valence-electron chi connectivity index (χ3n) is 7.29. The first kappa shape index (κ1) is 26.8. The van der Waals surface area contributed by atoms with Gasteiger partial charge in [0.2, 0.25) is 0 Å². The van der Waals surface area contributed by atoms with Crippen LogP contribution in [-0.4, -0.2) is 46.8 Å². The largest absolute Gasteiger partial charge is 0.455 e. The molecule has 188 valence electrons. The van der Waals surface area contributed by atoms with Gasteiger partial charge >= 0.3 is 5.97 Å². The lowest BCUT2D eigenvalue weighted by molar-refractivity contribution is -0.153. The van der Waals surface area contributed by atoms with Gasteiger partial charge < -0.3 is 14.6 Å². The number of carbonyl (C=O) groups excluding carboxylic acids is 2. The van der Waals surface area contributed by atoms with Gasteiger partial charge in [-0.3, -0.25) is 4.79 Å². The molecular weight excluding hydrogens is 450 g/mol. The number of nitrogens with zero attached hydrogens (tertiary/aromatic N) is 1. The summed E-state index contributed by atoms with van der Waals surface area (Å²) in [5.74, 6) is -0.658. The van der Waals surface area contributed by atoms with E-state index in [9.17, 15) is 14.7 Å². The van der Waals surface area contributed by atoms with Gasteiger partial charge in [0.25, 0.3) is 0 Å². The number of aromatic nitrogens is 1. The van der Waals surface area contributed by atoms with E-state index in [-0.39, 0.29) is 17.8 Å². The number of ketones is 1. The lowest BCUT2D eigenvalue weighted by Crippen LogP contribution is -2.43. The highest BCUT2D eigenvalue weighted by Crippen LogP contribution is 2.34. The predicted octanol–water partition coefficient (Wildman–Crippen LogP) is 5.14. The molecule has 0 unspecified atom stereocenters. The molecule has 3 heterocycles. The topological polar surface area (TPSA) is 85.7 Å². The molecule has 0 aromatic carbocycles. The molecule has 0 amide bonds. The minimum Gasteiger partial charge on any atom is -0.455 e. The number of cyclic esters (lactones) is 1. The predicted molar refractivity (Wildman–Crippen MR) is 134 cm³/mol. The molecule has 1 N–H and O–H groups in total. The molecule has 0 bridgehead atoms. The smallest absolute Gasteiger partial charge is 0.331 e. The van der Waals surface area contributed by atoms with E-state index in [4.69, 9.17) is 9.47 Å². The number of aliphatic hydroxyl groups is 1. The number of rotatable bonds is 2. The minimum absolute atomic E-state index is 0.0236. The Kier molecular flexibility index (Phi) is 8.87. The lowest BCUT2D eigenvalue weighted by atomic mass is 9.76. The van der Waals surface area contributed by atoms with Crippen molar-refractivity contribution >= 4 is 29.2 Å². The van der Waals surface area contributed by atoms with E-state index in [1.165, 1.54) is 6.08 Å². The molecule has 2 aliphatic rings. The summed E-state index contributed by atoms with van der Waals surface area (Å²) in [7, 11) is 0. The van der Waals surface area contributed by atoms with E-state index in [1.54, 1.807) is 38.2 Å². The van der Waals surface area contributed by atoms with Crippen LogP contribution in [0, 0.1) is 30.1 Å². The summed E-state index contributed by atoms with van der Waals surface area (Å²) in [5.41, 5.74) is 0.887. The first-order valence-electron chi connectivity index (χ1n) is 12.3. The lowest BCUT2D eigenvalue weighted by Gasteiger charge is -2.39. The molecule has 0 radical (unpaired) electrons. The van der Waals surface area contributed by atoms with Crippen LogP contribution >= 0.6 is 11.3 Å². The van der Waals surface area contributed by atoms with Crippen molar-refractivity contribution in [1.82, 2.24) is 4.98 Å². The molecule has 0 aliphatic carbocycles. The standard InChI is InChI=1S/C27H39NO5S/c1-16-8-7-9-20-14-32-23(20)13-22(17(2)12-21-15-34-19(4)28-21)33-24(29)10-11-27(5,6)26(31)18(3)25(16)30/h10-12,15-16,18,20,22-23,25,30H,7-9,13-14H2,1-6H3/b11-10+,17-12+/t16-,18+,20+,22-,23-,25-/m0/s1. The maximum absolute atomic E-state index is 13.1. The molecule has 7 heteroatoms. The van der Waals surface area contributed by atoms with Crippen LogP contribution in [0.15, 0.2) is 23.1 Å². The molecule has 34 heavy (non-hydrogen) atoms. The van der Waals surface area contributed by atoms with Crippen LogP contribution in [0.5, 0.6) is 0 Å². The van der Waals surface area contributed by atoms with Gasteiger partial charge in [0.15, 0.2) is 0 Å². The number of thiazole rings is 1. The van der Waals surface area contributed by atoms with Crippen molar-refractivity contribution in [3.63, 3.8) is 0 Å². The van der Waals surface area contributed by atoms with Crippen molar-refractivity contribution in [2.45, 2.75) is 85.5 Å². The quantitative estimate of drug-likeness (QED) is 0.579. The monoisotopic (exact) mass is 489 g/mol. The summed E-state index contributed by atoms with van der Waals surface area (Å²) in [6, 6.07) is 0. The molecular formula is C27H39NO5S. The Bertz CT molecular complexity index is 933. The molecule has 0 spiro atoms. The highest BCUT2D eigenvalue weighted by molar-refractivity contribution is 7.09. The number of allylic oxidation sites excluding steroid dienone is 1. The molecule has 2 aliphatic heterocycles. The number of ether oxygens (including phenoxy) is 2. The van der Waals surface area contributed by atoms with E-state index in [1.807, 2.05) is 32.2 Å². The number of carbonyl (C=O) groups is 2. The fraction of sp³-hybridized carbons (Fsp3) is 0.667.